The van der Waals surface area contributed by atoms with Gasteiger partial charge in [-0.15, -0.1) is 0 Å². The molecule has 0 heterocycles. The number of carbonyl (C=O) groups excluding carboxylic acids is 1. The molecule has 0 spiro atoms. The molecule has 0 saturated heterocycles. The Kier molecular flexibility index (Phi) is 4.28. The second kappa shape index (κ2) is 5.34. The first-order valence-corrected chi connectivity index (χ1v) is 5.19. The summed E-state index contributed by atoms with van der Waals surface area (Å²) in [4.78, 5) is 11.4. The molecule has 0 fully saturated rings. The van der Waals surface area contributed by atoms with Crippen molar-refractivity contribution in [2.45, 2.75) is 25.6 Å². The third-order valence-electron chi connectivity index (χ3n) is 2.32. The first-order valence-electron chi connectivity index (χ1n) is 5.19. The lowest BCUT2D eigenvalue weighted by Gasteiger charge is -2.13. The fraction of sp³-hybridized carbons (Fsp3) is 0.364. The van der Waals surface area contributed by atoms with Gasteiger partial charge in [0.25, 0.3) is 0 Å². The van der Waals surface area contributed by atoms with Crippen LogP contribution in [0, 0.1) is 5.82 Å². The van der Waals surface area contributed by atoms with E-state index in [0.29, 0.717) is 18.6 Å². The van der Waals surface area contributed by atoms with Gasteiger partial charge in [0.2, 0.25) is 5.91 Å². The van der Waals surface area contributed by atoms with Crippen LogP contribution in [-0.2, 0) is 11.0 Å². The van der Waals surface area contributed by atoms with Crippen LogP contribution in [0.5, 0.6) is 0 Å². The van der Waals surface area contributed by atoms with Crippen molar-refractivity contribution in [1.82, 2.24) is 0 Å². The molecule has 0 aliphatic rings. The van der Waals surface area contributed by atoms with Crippen LogP contribution in [-0.4, -0.2) is 11.9 Å². The highest BCUT2D eigenvalue weighted by Crippen LogP contribution is 2.32. The quantitative estimate of drug-likeness (QED) is 0.824. The predicted octanol–water partition coefficient (Wildman–Crippen LogP) is 2.52. The molecule has 7 heteroatoms. The van der Waals surface area contributed by atoms with Gasteiger partial charge in [-0.05, 0) is 24.6 Å². The summed E-state index contributed by atoms with van der Waals surface area (Å²) >= 11 is 0. The number of alkyl halides is 3. The van der Waals surface area contributed by atoms with Crippen molar-refractivity contribution in [3.8, 4) is 0 Å². The summed E-state index contributed by atoms with van der Waals surface area (Å²) in [5.74, 6) is -2.00. The van der Waals surface area contributed by atoms with E-state index < -0.39 is 29.5 Å². The van der Waals surface area contributed by atoms with E-state index in [-0.39, 0.29) is 5.69 Å². The highest BCUT2D eigenvalue weighted by atomic mass is 19.4. The van der Waals surface area contributed by atoms with Gasteiger partial charge in [-0.2, -0.15) is 13.2 Å². The van der Waals surface area contributed by atoms with Crippen LogP contribution in [0.4, 0.5) is 23.2 Å². The summed E-state index contributed by atoms with van der Waals surface area (Å²) in [6, 6.07) is 1.42. The van der Waals surface area contributed by atoms with E-state index in [1.54, 1.807) is 6.92 Å². The van der Waals surface area contributed by atoms with E-state index in [4.69, 9.17) is 5.73 Å². The Morgan fingerprint density at radius 2 is 2.06 bits per heavy atom. The number of nitrogens with one attached hydrogen (secondary N) is 1. The lowest BCUT2D eigenvalue weighted by atomic mass is 10.1. The SMILES string of the molecule is CC[C@@H](N)C(=O)Nc1ccc(F)c(C(F)(F)F)c1. The van der Waals surface area contributed by atoms with Crippen molar-refractivity contribution in [2.24, 2.45) is 5.73 Å². The molecule has 1 rings (SSSR count). The Labute approximate surface area is 101 Å². The van der Waals surface area contributed by atoms with E-state index in [9.17, 15) is 22.4 Å². The summed E-state index contributed by atoms with van der Waals surface area (Å²) in [6.07, 6.45) is -4.46. The molecule has 1 atom stereocenters. The normalized spacial score (nSPS) is 13.2. The van der Waals surface area contributed by atoms with Crippen LogP contribution >= 0.6 is 0 Å². The topological polar surface area (TPSA) is 55.1 Å². The molecule has 18 heavy (non-hydrogen) atoms. The third kappa shape index (κ3) is 3.43. The molecule has 0 aromatic heterocycles. The minimum atomic E-state index is -4.81. The van der Waals surface area contributed by atoms with Gasteiger partial charge in [0.05, 0.1) is 11.6 Å². The zero-order chi connectivity index (χ0) is 13.9. The largest absolute Gasteiger partial charge is 0.419 e. The van der Waals surface area contributed by atoms with Crippen molar-refractivity contribution in [1.29, 1.82) is 0 Å². The zero-order valence-electron chi connectivity index (χ0n) is 9.51. The van der Waals surface area contributed by atoms with Gasteiger partial charge < -0.3 is 11.1 Å². The molecule has 1 aromatic carbocycles. The number of anilines is 1. The van der Waals surface area contributed by atoms with E-state index in [0.717, 1.165) is 6.07 Å². The van der Waals surface area contributed by atoms with Crippen molar-refractivity contribution < 1.29 is 22.4 Å². The molecule has 100 valence electrons. The Morgan fingerprint density at radius 3 is 2.56 bits per heavy atom. The molecule has 1 aromatic rings. The van der Waals surface area contributed by atoms with Gasteiger partial charge >= 0.3 is 6.18 Å². The minimum absolute atomic E-state index is 0.141. The summed E-state index contributed by atoms with van der Waals surface area (Å²) < 4.78 is 50.2. The van der Waals surface area contributed by atoms with Crippen LogP contribution in [0.1, 0.15) is 18.9 Å². The summed E-state index contributed by atoms with van der Waals surface area (Å²) in [5.41, 5.74) is 3.84. The Bertz CT molecular complexity index is 445. The molecule has 0 radical (unpaired) electrons. The van der Waals surface area contributed by atoms with Crippen molar-refractivity contribution in [3.63, 3.8) is 0 Å². The fourth-order valence-electron chi connectivity index (χ4n) is 1.24. The lowest BCUT2D eigenvalue weighted by molar-refractivity contribution is -0.140. The number of rotatable bonds is 3. The van der Waals surface area contributed by atoms with Crippen LogP contribution < -0.4 is 11.1 Å². The molecule has 0 aliphatic heterocycles. The molecular formula is C11H12F4N2O. The summed E-state index contributed by atoms with van der Waals surface area (Å²) in [7, 11) is 0. The van der Waals surface area contributed by atoms with Gasteiger partial charge in [-0.25, -0.2) is 4.39 Å². The molecule has 0 bridgehead atoms. The number of nitrogens with two attached hydrogens (primary N) is 1. The highest BCUT2D eigenvalue weighted by molar-refractivity contribution is 5.94. The lowest BCUT2D eigenvalue weighted by Crippen LogP contribution is -2.34. The van der Waals surface area contributed by atoms with E-state index in [1.165, 1.54) is 0 Å². The third-order valence-corrected chi connectivity index (χ3v) is 2.32. The second-order valence-corrected chi connectivity index (χ2v) is 3.70. The Morgan fingerprint density at radius 1 is 1.44 bits per heavy atom. The molecule has 0 unspecified atom stereocenters. The number of hydrogen-bond acceptors (Lipinski definition) is 2. The van der Waals surface area contributed by atoms with Gasteiger partial charge in [0.1, 0.15) is 5.82 Å². The number of amides is 1. The molecule has 0 aliphatic carbocycles. The van der Waals surface area contributed by atoms with Crippen LogP contribution in [0.3, 0.4) is 0 Å². The van der Waals surface area contributed by atoms with Crippen LogP contribution in [0.25, 0.3) is 0 Å². The summed E-state index contributed by atoms with van der Waals surface area (Å²) in [5, 5.41) is 2.20. The average Bonchev–Trinajstić information content (AvgIpc) is 2.29. The number of benzene rings is 1. The number of carbonyl (C=O) groups is 1. The maximum atomic E-state index is 13.0. The second-order valence-electron chi connectivity index (χ2n) is 3.70. The predicted molar refractivity (Wildman–Crippen MR) is 58.3 cm³/mol. The maximum absolute atomic E-state index is 13.0. The average molecular weight is 264 g/mol. The first kappa shape index (κ1) is 14.4. The van der Waals surface area contributed by atoms with Gasteiger partial charge in [-0.3, -0.25) is 4.79 Å². The summed E-state index contributed by atoms with van der Waals surface area (Å²) in [6.45, 7) is 1.66. The van der Waals surface area contributed by atoms with Crippen molar-refractivity contribution in [3.05, 3.63) is 29.6 Å². The molecular weight excluding hydrogens is 252 g/mol. The van der Waals surface area contributed by atoms with E-state index in [2.05, 4.69) is 5.32 Å². The smallest absolute Gasteiger partial charge is 0.325 e. The van der Waals surface area contributed by atoms with E-state index in [1.807, 2.05) is 0 Å². The zero-order valence-corrected chi connectivity index (χ0v) is 9.51. The molecule has 3 nitrogen and oxygen atoms in total. The minimum Gasteiger partial charge on any atom is -0.325 e. The number of hydrogen-bond donors (Lipinski definition) is 2. The number of halogens is 4. The maximum Gasteiger partial charge on any atom is 0.419 e. The van der Waals surface area contributed by atoms with Crippen molar-refractivity contribution >= 4 is 11.6 Å². The molecule has 3 N–H and O–H groups in total. The first-order chi connectivity index (χ1) is 8.25. The van der Waals surface area contributed by atoms with Crippen LogP contribution in [0.15, 0.2) is 18.2 Å². The Balaban J connectivity index is 2.96. The molecule has 1 amide bonds. The van der Waals surface area contributed by atoms with Crippen molar-refractivity contribution in [2.75, 3.05) is 5.32 Å². The van der Waals surface area contributed by atoms with Gasteiger partial charge in [-0.1, -0.05) is 6.92 Å². The fourth-order valence-corrected chi connectivity index (χ4v) is 1.24. The van der Waals surface area contributed by atoms with E-state index >= 15 is 0 Å². The van der Waals surface area contributed by atoms with Crippen LogP contribution in [0.2, 0.25) is 0 Å². The highest BCUT2D eigenvalue weighted by Gasteiger charge is 2.34. The van der Waals surface area contributed by atoms with Gasteiger partial charge in [0.15, 0.2) is 0 Å². The van der Waals surface area contributed by atoms with Gasteiger partial charge in [0, 0.05) is 5.69 Å². The Hall–Kier alpha value is -1.63. The monoisotopic (exact) mass is 264 g/mol. The molecule has 0 saturated carbocycles. The standard InChI is InChI=1S/C11H12F4N2O/c1-2-9(16)10(18)17-6-3-4-8(12)7(5-6)11(13,14)15/h3-5,9H,2,16H2,1H3,(H,17,18)/t9-/m1/s1.